The predicted octanol–water partition coefficient (Wildman–Crippen LogP) is 0.0837. The monoisotopic (exact) mass is 325 g/mol. The van der Waals surface area contributed by atoms with Crippen LogP contribution in [0.25, 0.3) is 0 Å². The lowest BCUT2D eigenvalue weighted by atomic mass is 10.1. The molecular formula is C13H19N5O3S. The number of aromatic nitrogens is 4. The van der Waals surface area contributed by atoms with E-state index in [-0.39, 0.29) is 17.5 Å². The first-order valence-corrected chi connectivity index (χ1v) is 8.42. The number of hydrogen-bond donors (Lipinski definition) is 0. The Kier molecular flexibility index (Phi) is 4.02. The Morgan fingerprint density at radius 1 is 1.36 bits per heavy atom. The quantitative estimate of drug-likeness (QED) is 0.795. The van der Waals surface area contributed by atoms with Gasteiger partial charge >= 0.3 is 0 Å². The molecule has 0 bridgehead atoms. The molecule has 3 rings (SSSR count). The minimum absolute atomic E-state index is 0.0613. The van der Waals surface area contributed by atoms with Gasteiger partial charge in [-0.3, -0.25) is 0 Å². The maximum atomic E-state index is 12.8. The summed E-state index contributed by atoms with van der Waals surface area (Å²) in [5, 5.41) is 0.0613. The number of imidazole rings is 2. The molecule has 1 atom stereocenters. The number of ether oxygens (including phenoxy) is 1. The minimum Gasteiger partial charge on any atom is -0.384 e. The molecule has 0 saturated carbocycles. The lowest BCUT2D eigenvalue weighted by molar-refractivity contribution is 0.135. The van der Waals surface area contributed by atoms with Crippen molar-refractivity contribution in [1.82, 2.24) is 23.4 Å². The van der Waals surface area contributed by atoms with Crippen LogP contribution in [0.4, 0.5) is 0 Å². The summed E-state index contributed by atoms with van der Waals surface area (Å²) in [6.45, 7) is 1.81. The molecule has 22 heavy (non-hydrogen) atoms. The predicted molar refractivity (Wildman–Crippen MR) is 78.4 cm³/mol. The molecule has 120 valence electrons. The van der Waals surface area contributed by atoms with Crippen LogP contribution in [0.2, 0.25) is 0 Å². The molecule has 0 N–H and O–H groups in total. The first-order chi connectivity index (χ1) is 10.5. The van der Waals surface area contributed by atoms with Gasteiger partial charge in [0, 0.05) is 51.8 Å². The van der Waals surface area contributed by atoms with Crippen LogP contribution in [-0.4, -0.2) is 52.1 Å². The van der Waals surface area contributed by atoms with Gasteiger partial charge in [-0.2, -0.15) is 4.31 Å². The Morgan fingerprint density at radius 2 is 2.18 bits per heavy atom. The van der Waals surface area contributed by atoms with Gasteiger partial charge in [-0.1, -0.05) is 0 Å². The molecule has 0 fully saturated rings. The summed E-state index contributed by atoms with van der Waals surface area (Å²) < 4.78 is 35.9. The summed E-state index contributed by atoms with van der Waals surface area (Å²) in [4.78, 5) is 8.25. The fourth-order valence-electron chi connectivity index (χ4n) is 2.68. The van der Waals surface area contributed by atoms with Crippen molar-refractivity contribution in [1.29, 1.82) is 0 Å². The molecule has 0 saturated heterocycles. The van der Waals surface area contributed by atoms with E-state index in [0.29, 0.717) is 19.7 Å². The summed E-state index contributed by atoms with van der Waals surface area (Å²) in [5.74, 6) is 0.803. The largest absolute Gasteiger partial charge is 0.384 e. The van der Waals surface area contributed by atoms with Gasteiger partial charge in [-0.15, -0.1) is 0 Å². The molecule has 0 aromatic carbocycles. The van der Waals surface area contributed by atoms with Gasteiger partial charge < -0.3 is 13.9 Å². The summed E-state index contributed by atoms with van der Waals surface area (Å²) in [7, 11) is -0.277. The number of rotatable bonds is 4. The molecule has 0 aliphatic carbocycles. The zero-order valence-electron chi connectivity index (χ0n) is 12.6. The molecular weight excluding hydrogens is 306 g/mol. The highest BCUT2D eigenvalue weighted by atomic mass is 32.2. The molecule has 0 amide bonds. The third kappa shape index (κ3) is 2.79. The first-order valence-electron chi connectivity index (χ1n) is 6.97. The van der Waals surface area contributed by atoms with Crippen molar-refractivity contribution in [2.45, 2.75) is 18.1 Å². The van der Waals surface area contributed by atoms with E-state index >= 15 is 0 Å². The van der Waals surface area contributed by atoms with E-state index < -0.39 is 10.0 Å². The fraction of sp³-hybridized carbons (Fsp3) is 0.538. The molecule has 3 heterocycles. The SMILES string of the molecule is COCC1CN(S(=O)(=O)c2cn(C)cn2)Cc2nccn2C1. The van der Waals surface area contributed by atoms with Crippen molar-refractivity contribution in [3.05, 3.63) is 30.7 Å². The van der Waals surface area contributed by atoms with Crippen molar-refractivity contribution in [2.75, 3.05) is 20.3 Å². The van der Waals surface area contributed by atoms with Crippen LogP contribution in [0.5, 0.6) is 0 Å². The van der Waals surface area contributed by atoms with Crippen LogP contribution in [0.3, 0.4) is 0 Å². The first kappa shape index (κ1) is 15.2. The van der Waals surface area contributed by atoms with E-state index in [2.05, 4.69) is 9.97 Å². The topological polar surface area (TPSA) is 82.2 Å². The molecule has 0 spiro atoms. The number of aryl methyl sites for hydroxylation is 1. The van der Waals surface area contributed by atoms with Crippen molar-refractivity contribution in [3.8, 4) is 0 Å². The van der Waals surface area contributed by atoms with E-state index in [0.717, 1.165) is 5.82 Å². The third-order valence-corrected chi connectivity index (χ3v) is 5.42. The maximum absolute atomic E-state index is 12.8. The minimum atomic E-state index is -3.64. The van der Waals surface area contributed by atoms with Crippen LogP contribution in [0.1, 0.15) is 5.82 Å². The number of fused-ring (bicyclic) bond motifs is 1. The van der Waals surface area contributed by atoms with Gasteiger partial charge in [0.25, 0.3) is 10.0 Å². The lowest BCUT2D eigenvalue weighted by Crippen LogP contribution is -2.35. The smallest absolute Gasteiger partial charge is 0.262 e. The zero-order chi connectivity index (χ0) is 15.7. The maximum Gasteiger partial charge on any atom is 0.262 e. The van der Waals surface area contributed by atoms with Crippen LogP contribution >= 0.6 is 0 Å². The third-order valence-electron chi connectivity index (χ3n) is 3.72. The average Bonchev–Trinajstić information content (AvgIpc) is 3.05. The van der Waals surface area contributed by atoms with Crippen LogP contribution < -0.4 is 0 Å². The molecule has 8 nitrogen and oxygen atoms in total. The molecule has 1 unspecified atom stereocenters. The van der Waals surface area contributed by atoms with Gasteiger partial charge in [-0.05, 0) is 0 Å². The summed E-state index contributed by atoms with van der Waals surface area (Å²) in [5.41, 5.74) is 0. The van der Waals surface area contributed by atoms with Gasteiger partial charge in [0.05, 0.1) is 19.5 Å². The van der Waals surface area contributed by atoms with Crippen molar-refractivity contribution in [3.63, 3.8) is 0 Å². The van der Waals surface area contributed by atoms with E-state index in [9.17, 15) is 8.42 Å². The summed E-state index contributed by atoms with van der Waals surface area (Å²) in [6.07, 6.45) is 6.56. The number of methoxy groups -OCH3 is 1. The standard InChI is InChI=1S/C13H19N5O3S/c1-16-8-13(15-10-16)22(19,20)18-6-11(9-21-2)5-17-4-3-14-12(17)7-18/h3-4,8,10-11H,5-7,9H2,1-2H3. The van der Waals surface area contributed by atoms with E-state index in [4.69, 9.17) is 4.74 Å². The molecule has 1 aliphatic heterocycles. The average molecular weight is 325 g/mol. The molecule has 2 aromatic rings. The molecule has 0 radical (unpaired) electrons. The fourth-order valence-corrected chi connectivity index (χ4v) is 4.12. The summed E-state index contributed by atoms with van der Waals surface area (Å²) in [6, 6.07) is 0. The normalized spacial score (nSPS) is 19.8. The van der Waals surface area contributed by atoms with E-state index in [1.807, 2.05) is 10.8 Å². The lowest BCUT2D eigenvalue weighted by Gasteiger charge is -2.22. The second-order valence-corrected chi connectivity index (χ2v) is 7.38. The number of hydrogen-bond acceptors (Lipinski definition) is 5. The van der Waals surface area contributed by atoms with Gasteiger partial charge in [0.1, 0.15) is 5.82 Å². The Bertz CT molecular complexity index is 751. The number of nitrogens with zero attached hydrogens (tertiary/aromatic N) is 5. The van der Waals surface area contributed by atoms with E-state index in [1.54, 1.807) is 24.9 Å². The second kappa shape index (κ2) is 5.82. The van der Waals surface area contributed by atoms with Crippen LogP contribution in [-0.2, 0) is 34.9 Å². The van der Waals surface area contributed by atoms with Crippen molar-refractivity contribution < 1.29 is 13.2 Å². The molecule has 1 aliphatic rings. The Balaban J connectivity index is 1.95. The highest BCUT2D eigenvalue weighted by molar-refractivity contribution is 7.89. The number of sulfonamides is 1. The zero-order valence-corrected chi connectivity index (χ0v) is 13.4. The Morgan fingerprint density at radius 3 is 2.86 bits per heavy atom. The van der Waals surface area contributed by atoms with Crippen molar-refractivity contribution >= 4 is 10.0 Å². The van der Waals surface area contributed by atoms with Gasteiger partial charge in [-0.25, -0.2) is 18.4 Å². The highest BCUT2D eigenvalue weighted by Crippen LogP contribution is 2.22. The Labute approximate surface area is 129 Å². The van der Waals surface area contributed by atoms with Gasteiger partial charge in [0.2, 0.25) is 0 Å². The van der Waals surface area contributed by atoms with Crippen LogP contribution in [0.15, 0.2) is 29.9 Å². The summed E-state index contributed by atoms with van der Waals surface area (Å²) >= 11 is 0. The van der Waals surface area contributed by atoms with Crippen LogP contribution in [0, 0.1) is 5.92 Å². The molecule has 9 heteroatoms. The van der Waals surface area contributed by atoms with Crippen molar-refractivity contribution in [2.24, 2.45) is 13.0 Å². The molecule has 2 aromatic heterocycles. The van der Waals surface area contributed by atoms with Gasteiger partial charge in [0.15, 0.2) is 5.03 Å². The Hall–Kier alpha value is -1.71. The van der Waals surface area contributed by atoms with E-state index in [1.165, 1.54) is 16.8 Å². The highest BCUT2D eigenvalue weighted by Gasteiger charge is 2.32. The second-order valence-electron chi connectivity index (χ2n) is 5.49.